The molecule has 0 heterocycles. The van der Waals surface area contributed by atoms with E-state index in [1.165, 1.54) is 18.2 Å². The second-order valence-electron chi connectivity index (χ2n) is 8.91. The standard InChI is InChI=1S/C27H21F6N3O7/c28-26(29,30)16-5-1-14(2-6-16)22(37)35-18-9-13(12-43-21(25(41)42)20(34)24(39)40)10-19(11-18)36-23(38)15-3-7-17(8-4-15)27(31,32)33/h1-11,20-21H,12,34H2,(H,35,37)(H,36,38)(H,39,40)(H,41,42)/t20-,21-/m1/s1. The molecule has 0 saturated heterocycles. The van der Waals surface area contributed by atoms with Gasteiger partial charge >= 0.3 is 24.3 Å². The highest BCUT2D eigenvalue weighted by molar-refractivity contribution is 6.06. The molecule has 0 aliphatic rings. The number of nitrogens with two attached hydrogens (primary N) is 1. The van der Waals surface area contributed by atoms with Gasteiger partial charge in [0.15, 0.2) is 6.10 Å². The van der Waals surface area contributed by atoms with Crippen LogP contribution >= 0.6 is 0 Å². The second kappa shape index (κ2) is 12.9. The molecule has 43 heavy (non-hydrogen) atoms. The molecule has 228 valence electrons. The van der Waals surface area contributed by atoms with Gasteiger partial charge in [0.1, 0.15) is 6.04 Å². The molecule has 0 radical (unpaired) electrons. The maximum atomic E-state index is 12.9. The van der Waals surface area contributed by atoms with Crippen molar-refractivity contribution in [1.82, 2.24) is 0 Å². The van der Waals surface area contributed by atoms with Crippen LogP contribution in [0.25, 0.3) is 0 Å². The van der Waals surface area contributed by atoms with Gasteiger partial charge in [-0.05, 0) is 72.3 Å². The van der Waals surface area contributed by atoms with Gasteiger partial charge in [-0.15, -0.1) is 0 Å². The first kappa shape index (κ1) is 32.6. The Bertz CT molecular complexity index is 1420. The van der Waals surface area contributed by atoms with Crippen LogP contribution in [0.3, 0.4) is 0 Å². The number of nitrogens with one attached hydrogen (secondary N) is 2. The van der Waals surface area contributed by atoms with Crippen molar-refractivity contribution in [3.8, 4) is 0 Å². The Morgan fingerprint density at radius 2 is 1.09 bits per heavy atom. The highest BCUT2D eigenvalue weighted by Crippen LogP contribution is 2.30. The fourth-order valence-electron chi connectivity index (χ4n) is 3.59. The Balaban J connectivity index is 1.89. The molecule has 0 bridgehead atoms. The van der Waals surface area contributed by atoms with Crippen molar-refractivity contribution in [3.05, 3.63) is 94.5 Å². The maximum Gasteiger partial charge on any atom is 0.416 e. The third kappa shape index (κ3) is 8.76. The lowest BCUT2D eigenvalue weighted by molar-refractivity contribution is -0.159. The highest BCUT2D eigenvalue weighted by atomic mass is 19.4. The smallest absolute Gasteiger partial charge is 0.416 e. The molecule has 0 saturated carbocycles. The SMILES string of the molecule is N[C@@H](C(=O)O)[C@@H](OCc1cc(NC(=O)c2ccc(C(F)(F)F)cc2)cc(NC(=O)c2ccc(C(F)(F)F)cc2)c1)C(=O)O. The van der Waals surface area contributed by atoms with Crippen LogP contribution in [0.2, 0.25) is 0 Å². The number of hydrogen-bond donors (Lipinski definition) is 5. The van der Waals surface area contributed by atoms with Gasteiger partial charge in [0.25, 0.3) is 11.8 Å². The van der Waals surface area contributed by atoms with E-state index in [4.69, 9.17) is 15.6 Å². The van der Waals surface area contributed by atoms with Gasteiger partial charge in [0, 0.05) is 22.5 Å². The summed E-state index contributed by atoms with van der Waals surface area (Å²) in [5.41, 5.74) is 2.95. The number of ether oxygens (including phenoxy) is 1. The van der Waals surface area contributed by atoms with E-state index in [1.54, 1.807) is 0 Å². The van der Waals surface area contributed by atoms with Crippen molar-refractivity contribution in [3.63, 3.8) is 0 Å². The topological polar surface area (TPSA) is 168 Å². The van der Waals surface area contributed by atoms with Gasteiger partial charge in [-0.3, -0.25) is 14.4 Å². The number of rotatable bonds is 10. The largest absolute Gasteiger partial charge is 0.480 e. The first-order chi connectivity index (χ1) is 20.0. The van der Waals surface area contributed by atoms with Crippen molar-refractivity contribution in [2.45, 2.75) is 31.1 Å². The molecule has 3 rings (SSSR count). The average molecular weight is 613 g/mol. The summed E-state index contributed by atoms with van der Waals surface area (Å²) in [5.74, 6) is -5.11. The van der Waals surface area contributed by atoms with Gasteiger partial charge in [0.2, 0.25) is 0 Å². The van der Waals surface area contributed by atoms with Crippen LogP contribution < -0.4 is 16.4 Å². The molecule has 0 aliphatic carbocycles. The number of hydrogen-bond acceptors (Lipinski definition) is 6. The molecule has 2 atom stereocenters. The zero-order valence-corrected chi connectivity index (χ0v) is 21.5. The predicted molar refractivity (Wildman–Crippen MR) is 137 cm³/mol. The number of carbonyl (C=O) groups excluding carboxylic acids is 2. The average Bonchev–Trinajstić information content (AvgIpc) is 2.92. The van der Waals surface area contributed by atoms with E-state index in [0.29, 0.717) is 24.3 Å². The molecule has 16 heteroatoms. The van der Waals surface area contributed by atoms with Crippen LogP contribution in [-0.2, 0) is 33.3 Å². The van der Waals surface area contributed by atoms with Crippen molar-refractivity contribution in [2.24, 2.45) is 5.73 Å². The summed E-state index contributed by atoms with van der Waals surface area (Å²) in [6.45, 7) is -0.606. The lowest BCUT2D eigenvalue weighted by atomic mass is 10.1. The molecule has 0 fully saturated rings. The number of anilines is 2. The lowest BCUT2D eigenvalue weighted by Gasteiger charge is -2.18. The number of carboxylic acid groups (broad SMARTS) is 2. The van der Waals surface area contributed by atoms with E-state index in [1.807, 2.05) is 0 Å². The van der Waals surface area contributed by atoms with Crippen molar-refractivity contribution in [2.75, 3.05) is 10.6 Å². The summed E-state index contributed by atoms with van der Waals surface area (Å²) < 4.78 is 82.3. The lowest BCUT2D eigenvalue weighted by Crippen LogP contribution is -2.47. The van der Waals surface area contributed by atoms with Crippen LogP contribution in [0.4, 0.5) is 37.7 Å². The number of aliphatic carboxylic acids is 2. The molecule has 0 unspecified atom stereocenters. The number of halogens is 6. The van der Waals surface area contributed by atoms with Gasteiger partial charge in [-0.2, -0.15) is 26.3 Å². The van der Waals surface area contributed by atoms with Crippen molar-refractivity contribution < 1.29 is 60.5 Å². The summed E-state index contributed by atoms with van der Waals surface area (Å²) >= 11 is 0. The summed E-state index contributed by atoms with van der Waals surface area (Å²) in [6, 6.07) is 8.14. The normalized spacial score (nSPS) is 13.1. The van der Waals surface area contributed by atoms with Crippen LogP contribution in [-0.4, -0.2) is 46.1 Å². The quantitative estimate of drug-likeness (QED) is 0.207. The van der Waals surface area contributed by atoms with Gasteiger partial charge in [-0.25, -0.2) is 4.79 Å². The Hall–Kier alpha value is -4.96. The monoisotopic (exact) mass is 613 g/mol. The minimum Gasteiger partial charge on any atom is -0.480 e. The fraction of sp³-hybridized carbons (Fsp3) is 0.185. The number of carboxylic acids is 2. The van der Waals surface area contributed by atoms with E-state index >= 15 is 0 Å². The van der Waals surface area contributed by atoms with E-state index in [2.05, 4.69) is 10.6 Å². The number of benzene rings is 3. The van der Waals surface area contributed by atoms with Crippen LogP contribution in [0.15, 0.2) is 66.7 Å². The molecular weight excluding hydrogens is 592 g/mol. The number of alkyl halides is 6. The van der Waals surface area contributed by atoms with Crippen molar-refractivity contribution in [1.29, 1.82) is 0 Å². The van der Waals surface area contributed by atoms with Crippen LogP contribution in [0.1, 0.15) is 37.4 Å². The van der Waals surface area contributed by atoms with Gasteiger partial charge in [0.05, 0.1) is 17.7 Å². The molecule has 2 amide bonds. The second-order valence-corrected chi connectivity index (χ2v) is 8.91. The first-order valence-electron chi connectivity index (χ1n) is 11.9. The highest BCUT2D eigenvalue weighted by Gasteiger charge is 2.32. The summed E-state index contributed by atoms with van der Waals surface area (Å²) in [6.07, 6.45) is -11.3. The van der Waals surface area contributed by atoms with E-state index in [-0.39, 0.29) is 28.1 Å². The molecule has 10 nitrogen and oxygen atoms in total. The van der Waals surface area contributed by atoms with Crippen molar-refractivity contribution >= 4 is 35.1 Å². The Morgan fingerprint density at radius 1 is 0.698 bits per heavy atom. The predicted octanol–water partition coefficient (Wildman–Crippen LogP) is 4.61. The minimum atomic E-state index is -4.64. The Morgan fingerprint density at radius 3 is 1.42 bits per heavy atom. The van der Waals surface area contributed by atoms with E-state index < -0.39 is 66.0 Å². The summed E-state index contributed by atoms with van der Waals surface area (Å²) in [5, 5.41) is 23.1. The molecule has 3 aromatic rings. The third-order valence-electron chi connectivity index (χ3n) is 5.74. The molecule has 6 N–H and O–H groups in total. The third-order valence-corrected chi connectivity index (χ3v) is 5.74. The summed E-state index contributed by atoms with van der Waals surface area (Å²) in [4.78, 5) is 48.0. The molecule has 0 spiro atoms. The zero-order valence-electron chi connectivity index (χ0n) is 21.5. The number of carbonyl (C=O) groups is 4. The molecule has 0 aromatic heterocycles. The Labute approximate surface area is 238 Å². The van der Waals surface area contributed by atoms with Crippen LogP contribution in [0, 0.1) is 0 Å². The first-order valence-corrected chi connectivity index (χ1v) is 11.9. The molecule has 3 aromatic carbocycles. The van der Waals surface area contributed by atoms with Crippen LogP contribution in [0.5, 0.6) is 0 Å². The molecule has 0 aliphatic heterocycles. The minimum absolute atomic E-state index is 0.0665. The molecular formula is C27H21F6N3O7. The van der Waals surface area contributed by atoms with E-state index in [9.17, 15) is 50.6 Å². The number of amides is 2. The summed E-state index contributed by atoms with van der Waals surface area (Å²) in [7, 11) is 0. The zero-order chi connectivity index (χ0) is 32.1. The van der Waals surface area contributed by atoms with Gasteiger partial charge in [-0.1, -0.05) is 0 Å². The fourth-order valence-corrected chi connectivity index (χ4v) is 3.59. The Kier molecular flexibility index (Phi) is 9.78. The van der Waals surface area contributed by atoms with E-state index in [0.717, 1.165) is 24.3 Å². The van der Waals surface area contributed by atoms with Gasteiger partial charge < -0.3 is 31.3 Å². The maximum absolute atomic E-state index is 12.9.